The van der Waals surface area contributed by atoms with Crippen molar-refractivity contribution < 1.29 is 14.3 Å². The fourth-order valence-corrected chi connectivity index (χ4v) is 5.96. The van der Waals surface area contributed by atoms with Gasteiger partial charge in [-0.2, -0.15) is 0 Å². The Hall–Kier alpha value is -3.78. The van der Waals surface area contributed by atoms with E-state index in [-0.39, 0.29) is 5.91 Å². The number of fused-ring (bicyclic) bond motifs is 1. The minimum absolute atomic E-state index is 0.142. The SMILES string of the molecule is O=C(CSc1nnc(C2COc3ccccc3O2)n1-c1ccccc1)N1CCC(Cc2ccccc2)CC1. The van der Waals surface area contributed by atoms with Crippen LogP contribution in [0, 0.1) is 5.92 Å². The summed E-state index contributed by atoms with van der Waals surface area (Å²) in [5.74, 6) is 3.15. The van der Waals surface area contributed by atoms with E-state index in [2.05, 4.69) is 40.5 Å². The second kappa shape index (κ2) is 11.3. The first-order valence-electron chi connectivity index (χ1n) is 13.1. The number of rotatable bonds is 7. The van der Waals surface area contributed by atoms with Crippen molar-refractivity contribution in [3.63, 3.8) is 0 Å². The zero-order valence-corrected chi connectivity index (χ0v) is 21.9. The highest BCUT2D eigenvalue weighted by atomic mass is 32.2. The molecule has 0 radical (unpaired) electrons. The van der Waals surface area contributed by atoms with Crippen molar-refractivity contribution in [2.24, 2.45) is 5.92 Å². The predicted octanol–water partition coefficient (Wildman–Crippen LogP) is 5.35. The molecule has 4 aromatic rings. The predicted molar refractivity (Wildman–Crippen MR) is 147 cm³/mol. The van der Waals surface area contributed by atoms with Gasteiger partial charge in [-0.05, 0) is 55.0 Å². The van der Waals surface area contributed by atoms with E-state index in [4.69, 9.17) is 9.47 Å². The van der Waals surface area contributed by atoms with Crippen LogP contribution in [0.1, 0.15) is 30.3 Å². The molecule has 6 rings (SSSR count). The molecule has 2 aliphatic heterocycles. The van der Waals surface area contributed by atoms with Crippen molar-refractivity contribution >= 4 is 17.7 Å². The maximum Gasteiger partial charge on any atom is 0.233 e. The molecule has 0 saturated carbocycles. The monoisotopic (exact) mass is 526 g/mol. The summed E-state index contributed by atoms with van der Waals surface area (Å²) in [6.45, 7) is 1.95. The van der Waals surface area contributed by atoms with Crippen molar-refractivity contribution in [2.45, 2.75) is 30.5 Å². The van der Waals surface area contributed by atoms with Crippen molar-refractivity contribution in [1.29, 1.82) is 0 Å². The molecule has 0 spiro atoms. The third kappa shape index (κ3) is 5.41. The zero-order valence-electron chi connectivity index (χ0n) is 21.1. The molecule has 8 heteroatoms. The molecule has 1 unspecified atom stereocenters. The second-order valence-corrected chi connectivity index (χ2v) is 10.6. The van der Waals surface area contributed by atoms with E-state index in [1.165, 1.54) is 17.3 Å². The number of nitrogens with zero attached hydrogens (tertiary/aromatic N) is 4. The number of para-hydroxylation sites is 3. The van der Waals surface area contributed by atoms with E-state index in [0.29, 0.717) is 35.0 Å². The molecule has 3 aromatic carbocycles. The van der Waals surface area contributed by atoms with Gasteiger partial charge in [0, 0.05) is 18.8 Å². The Morgan fingerprint density at radius 3 is 2.32 bits per heavy atom. The third-order valence-corrected chi connectivity index (χ3v) is 8.04. The number of amides is 1. The smallest absolute Gasteiger partial charge is 0.233 e. The highest BCUT2D eigenvalue weighted by molar-refractivity contribution is 7.99. The molecule has 1 fully saturated rings. The van der Waals surface area contributed by atoms with Crippen LogP contribution in [0.15, 0.2) is 90.1 Å². The van der Waals surface area contributed by atoms with E-state index in [9.17, 15) is 4.79 Å². The van der Waals surface area contributed by atoms with Gasteiger partial charge in [-0.15, -0.1) is 10.2 Å². The van der Waals surface area contributed by atoms with Crippen molar-refractivity contribution in [3.8, 4) is 17.2 Å². The molecule has 0 bridgehead atoms. The number of ether oxygens (including phenoxy) is 2. The lowest BCUT2D eigenvalue weighted by atomic mass is 9.90. The molecular formula is C30H30N4O3S. The average molecular weight is 527 g/mol. The van der Waals surface area contributed by atoms with Crippen molar-refractivity contribution in [2.75, 3.05) is 25.4 Å². The van der Waals surface area contributed by atoms with Crippen molar-refractivity contribution in [1.82, 2.24) is 19.7 Å². The van der Waals surface area contributed by atoms with E-state index in [1.54, 1.807) is 0 Å². The van der Waals surface area contributed by atoms with Crippen LogP contribution in [0.4, 0.5) is 0 Å². The van der Waals surface area contributed by atoms with Gasteiger partial charge in [0.2, 0.25) is 5.91 Å². The molecule has 194 valence electrons. The Labute approximate surface area is 226 Å². The maximum atomic E-state index is 13.1. The highest BCUT2D eigenvalue weighted by Crippen LogP contribution is 2.37. The number of hydrogen-bond donors (Lipinski definition) is 0. The van der Waals surface area contributed by atoms with Crippen LogP contribution >= 0.6 is 11.8 Å². The molecule has 0 aliphatic carbocycles. The standard InChI is InChI=1S/C30H30N4O3S/c35-28(33-17-15-23(16-18-33)19-22-9-3-1-4-10-22)21-38-30-32-31-29(34(30)24-11-5-2-6-12-24)27-20-36-25-13-7-8-14-26(25)37-27/h1-14,23,27H,15-21H2. The number of carbonyl (C=O) groups excluding carboxylic acids is 1. The summed E-state index contributed by atoms with van der Waals surface area (Å²) in [7, 11) is 0. The lowest BCUT2D eigenvalue weighted by Gasteiger charge is -2.32. The molecule has 7 nitrogen and oxygen atoms in total. The lowest BCUT2D eigenvalue weighted by Crippen LogP contribution is -2.39. The third-order valence-electron chi connectivity index (χ3n) is 7.13. The fraction of sp³-hybridized carbons (Fsp3) is 0.300. The van der Waals surface area contributed by atoms with Crippen LogP contribution < -0.4 is 9.47 Å². The molecule has 1 amide bonds. The van der Waals surface area contributed by atoms with Gasteiger partial charge < -0.3 is 14.4 Å². The topological polar surface area (TPSA) is 69.5 Å². The van der Waals surface area contributed by atoms with Gasteiger partial charge in [0.25, 0.3) is 0 Å². The van der Waals surface area contributed by atoms with Crippen LogP contribution in [-0.4, -0.2) is 51.0 Å². The molecule has 2 aliphatic rings. The number of carbonyl (C=O) groups is 1. The average Bonchev–Trinajstić information content (AvgIpc) is 3.41. The number of benzene rings is 3. The number of aromatic nitrogens is 3. The highest BCUT2D eigenvalue weighted by Gasteiger charge is 2.30. The molecule has 1 atom stereocenters. The Balaban J connectivity index is 1.12. The minimum atomic E-state index is -0.411. The van der Waals surface area contributed by atoms with Gasteiger partial charge in [0.1, 0.15) is 6.61 Å². The Bertz CT molecular complexity index is 1370. The van der Waals surface area contributed by atoms with Crippen LogP contribution in [0.25, 0.3) is 5.69 Å². The minimum Gasteiger partial charge on any atom is -0.485 e. The molecule has 3 heterocycles. The second-order valence-electron chi connectivity index (χ2n) is 9.68. The Kier molecular flexibility index (Phi) is 7.31. The zero-order chi connectivity index (χ0) is 25.7. The van der Waals surface area contributed by atoms with Crippen LogP contribution in [0.3, 0.4) is 0 Å². The summed E-state index contributed by atoms with van der Waals surface area (Å²) in [6.07, 6.45) is 2.75. The van der Waals surface area contributed by atoms with Gasteiger partial charge in [0.05, 0.1) is 5.75 Å². The van der Waals surface area contributed by atoms with E-state index in [1.807, 2.05) is 64.1 Å². The summed E-state index contributed by atoms with van der Waals surface area (Å²) in [6, 6.07) is 28.2. The van der Waals surface area contributed by atoms with E-state index < -0.39 is 6.10 Å². The van der Waals surface area contributed by atoms with Crippen LogP contribution in [0.5, 0.6) is 11.5 Å². The summed E-state index contributed by atoms with van der Waals surface area (Å²) in [4.78, 5) is 15.1. The quantitative estimate of drug-likeness (QED) is 0.302. The van der Waals surface area contributed by atoms with Gasteiger partial charge in [-0.1, -0.05) is 72.4 Å². The van der Waals surface area contributed by atoms with Crippen LogP contribution in [-0.2, 0) is 11.2 Å². The lowest BCUT2D eigenvalue weighted by molar-refractivity contribution is -0.129. The first-order chi connectivity index (χ1) is 18.7. The number of piperidine rings is 1. The van der Waals surface area contributed by atoms with Crippen LogP contribution in [0.2, 0.25) is 0 Å². The van der Waals surface area contributed by atoms with Crippen molar-refractivity contribution in [3.05, 3.63) is 96.3 Å². The number of thioether (sulfide) groups is 1. The summed E-state index contributed by atoms with van der Waals surface area (Å²) >= 11 is 1.42. The fourth-order valence-electron chi connectivity index (χ4n) is 5.10. The normalized spacial score (nSPS) is 17.4. The summed E-state index contributed by atoms with van der Waals surface area (Å²) in [5, 5.41) is 9.63. The molecule has 0 N–H and O–H groups in total. The number of likely N-dealkylation sites (tertiary alicyclic amines) is 1. The van der Waals surface area contributed by atoms with Gasteiger partial charge in [-0.25, -0.2) is 0 Å². The van der Waals surface area contributed by atoms with Gasteiger partial charge in [0.15, 0.2) is 28.6 Å². The number of hydrogen-bond acceptors (Lipinski definition) is 6. The molecule has 38 heavy (non-hydrogen) atoms. The maximum absolute atomic E-state index is 13.1. The summed E-state index contributed by atoms with van der Waals surface area (Å²) in [5.41, 5.74) is 2.30. The van der Waals surface area contributed by atoms with Gasteiger partial charge in [-0.3, -0.25) is 9.36 Å². The van der Waals surface area contributed by atoms with E-state index in [0.717, 1.165) is 43.8 Å². The Morgan fingerprint density at radius 2 is 1.55 bits per heavy atom. The first-order valence-corrected chi connectivity index (χ1v) is 14.1. The van der Waals surface area contributed by atoms with Gasteiger partial charge >= 0.3 is 0 Å². The molecule has 1 aromatic heterocycles. The molecule has 1 saturated heterocycles. The largest absolute Gasteiger partial charge is 0.485 e. The molecular weight excluding hydrogens is 496 g/mol. The van der Waals surface area contributed by atoms with E-state index >= 15 is 0 Å². The first kappa shape index (κ1) is 24.6. The Morgan fingerprint density at radius 1 is 0.868 bits per heavy atom. The summed E-state index contributed by atoms with van der Waals surface area (Å²) < 4.78 is 14.2.